The Morgan fingerprint density at radius 3 is 2.84 bits per heavy atom. The quantitative estimate of drug-likeness (QED) is 0.863. The van der Waals surface area contributed by atoms with E-state index < -0.39 is 6.04 Å². The van der Waals surface area contributed by atoms with E-state index in [0.29, 0.717) is 5.69 Å². The molecule has 1 amide bonds. The number of carbonyl (C=O) groups excluding carboxylic acids is 1. The molecule has 1 atom stereocenters. The Morgan fingerprint density at radius 2 is 2.21 bits per heavy atom. The molecule has 0 unspecified atom stereocenters. The number of anilines is 1. The van der Waals surface area contributed by atoms with Gasteiger partial charge in [0.15, 0.2) is 0 Å². The van der Waals surface area contributed by atoms with E-state index in [1.54, 1.807) is 17.1 Å². The standard InChI is InChI=1S/C13H17N5O/c1-9(2)12(14)13(19)16-10-4-3-5-11(8-10)18-7-6-15-17-18/h3-9,12H,14H2,1-2H3,(H,16,19)/t12-/m0/s1. The van der Waals surface area contributed by atoms with Crippen molar-refractivity contribution < 1.29 is 4.79 Å². The summed E-state index contributed by atoms with van der Waals surface area (Å²) in [4.78, 5) is 11.9. The first-order chi connectivity index (χ1) is 9.08. The zero-order valence-corrected chi connectivity index (χ0v) is 10.9. The van der Waals surface area contributed by atoms with Crippen molar-refractivity contribution >= 4 is 11.6 Å². The topological polar surface area (TPSA) is 85.8 Å². The van der Waals surface area contributed by atoms with Crippen molar-refractivity contribution in [2.45, 2.75) is 19.9 Å². The summed E-state index contributed by atoms with van der Waals surface area (Å²) >= 11 is 0. The Morgan fingerprint density at radius 1 is 1.42 bits per heavy atom. The highest BCUT2D eigenvalue weighted by atomic mass is 16.2. The fourth-order valence-electron chi connectivity index (χ4n) is 1.60. The Labute approximate surface area is 111 Å². The lowest BCUT2D eigenvalue weighted by Gasteiger charge is -2.15. The molecule has 0 bridgehead atoms. The molecule has 0 aliphatic carbocycles. The first kappa shape index (κ1) is 13.2. The van der Waals surface area contributed by atoms with Crippen molar-refractivity contribution in [3.05, 3.63) is 36.7 Å². The minimum absolute atomic E-state index is 0.0958. The van der Waals surface area contributed by atoms with Crippen molar-refractivity contribution in [2.24, 2.45) is 11.7 Å². The van der Waals surface area contributed by atoms with Crippen molar-refractivity contribution in [3.63, 3.8) is 0 Å². The number of hydrogen-bond acceptors (Lipinski definition) is 4. The van der Waals surface area contributed by atoms with E-state index in [4.69, 9.17) is 5.73 Å². The lowest BCUT2D eigenvalue weighted by Crippen LogP contribution is -2.39. The molecule has 0 radical (unpaired) electrons. The Hall–Kier alpha value is -2.21. The van der Waals surface area contributed by atoms with E-state index in [0.717, 1.165) is 5.69 Å². The van der Waals surface area contributed by atoms with Gasteiger partial charge in [-0.2, -0.15) is 0 Å². The van der Waals surface area contributed by atoms with Gasteiger partial charge in [-0.25, -0.2) is 4.68 Å². The highest BCUT2D eigenvalue weighted by Crippen LogP contribution is 2.14. The highest BCUT2D eigenvalue weighted by Gasteiger charge is 2.17. The van der Waals surface area contributed by atoms with Crippen LogP contribution in [0.2, 0.25) is 0 Å². The van der Waals surface area contributed by atoms with Gasteiger partial charge in [0, 0.05) is 5.69 Å². The summed E-state index contributed by atoms with van der Waals surface area (Å²) in [5.74, 6) is -0.0933. The van der Waals surface area contributed by atoms with Gasteiger partial charge in [-0.05, 0) is 24.1 Å². The minimum Gasteiger partial charge on any atom is -0.325 e. The van der Waals surface area contributed by atoms with Crippen LogP contribution in [0.15, 0.2) is 36.7 Å². The summed E-state index contributed by atoms with van der Waals surface area (Å²) in [6.07, 6.45) is 3.33. The van der Waals surface area contributed by atoms with E-state index in [1.165, 1.54) is 0 Å². The summed E-state index contributed by atoms with van der Waals surface area (Å²) in [5, 5.41) is 10.4. The molecule has 1 aromatic heterocycles. The van der Waals surface area contributed by atoms with Crippen LogP contribution in [0.25, 0.3) is 5.69 Å². The fraction of sp³-hybridized carbons (Fsp3) is 0.308. The van der Waals surface area contributed by atoms with Crippen molar-refractivity contribution in [2.75, 3.05) is 5.32 Å². The average molecular weight is 259 g/mol. The number of benzene rings is 1. The van der Waals surface area contributed by atoms with Gasteiger partial charge in [0.1, 0.15) is 0 Å². The Bertz CT molecular complexity index is 550. The average Bonchev–Trinajstić information content (AvgIpc) is 2.91. The minimum atomic E-state index is -0.518. The van der Waals surface area contributed by atoms with Crippen molar-refractivity contribution in [1.29, 1.82) is 0 Å². The zero-order chi connectivity index (χ0) is 13.8. The van der Waals surface area contributed by atoms with Crippen LogP contribution in [0.5, 0.6) is 0 Å². The monoisotopic (exact) mass is 259 g/mol. The van der Waals surface area contributed by atoms with E-state index >= 15 is 0 Å². The molecular formula is C13H17N5O. The largest absolute Gasteiger partial charge is 0.325 e. The number of nitrogens with one attached hydrogen (secondary N) is 1. The summed E-state index contributed by atoms with van der Waals surface area (Å²) in [6, 6.07) is 6.83. The summed E-state index contributed by atoms with van der Waals surface area (Å²) < 4.78 is 1.62. The number of amides is 1. The molecule has 0 aliphatic rings. The number of hydrogen-bond donors (Lipinski definition) is 2. The van der Waals surface area contributed by atoms with Gasteiger partial charge in [0.05, 0.1) is 24.1 Å². The van der Waals surface area contributed by atoms with Gasteiger partial charge in [-0.3, -0.25) is 4.79 Å². The van der Waals surface area contributed by atoms with Gasteiger partial charge in [-0.15, -0.1) is 5.10 Å². The maximum absolute atomic E-state index is 11.9. The van der Waals surface area contributed by atoms with Crippen LogP contribution in [0.4, 0.5) is 5.69 Å². The predicted octanol–water partition coefficient (Wildman–Crippen LogP) is 1.19. The summed E-state index contributed by atoms with van der Waals surface area (Å²) in [7, 11) is 0. The van der Waals surface area contributed by atoms with Crippen LogP contribution >= 0.6 is 0 Å². The fourth-order valence-corrected chi connectivity index (χ4v) is 1.60. The summed E-state index contributed by atoms with van der Waals surface area (Å²) in [5.41, 5.74) is 7.32. The second-order valence-corrected chi connectivity index (χ2v) is 4.66. The smallest absolute Gasteiger partial charge is 0.241 e. The maximum Gasteiger partial charge on any atom is 0.241 e. The predicted molar refractivity (Wildman–Crippen MR) is 72.8 cm³/mol. The van der Waals surface area contributed by atoms with E-state index in [9.17, 15) is 4.79 Å². The molecule has 1 aromatic carbocycles. The third-order valence-electron chi connectivity index (χ3n) is 2.82. The first-order valence-corrected chi connectivity index (χ1v) is 6.11. The molecule has 0 aliphatic heterocycles. The van der Waals surface area contributed by atoms with Crippen LogP contribution in [0.3, 0.4) is 0 Å². The second-order valence-electron chi connectivity index (χ2n) is 4.66. The molecule has 1 heterocycles. The van der Waals surface area contributed by atoms with Gasteiger partial charge in [-0.1, -0.05) is 25.1 Å². The molecule has 0 saturated carbocycles. The number of aromatic nitrogens is 3. The molecule has 0 fully saturated rings. The first-order valence-electron chi connectivity index (χ1n) is 6.11. The van der Waals surface area contributed by atoms with E-state index in [1.807, 2.05) is 38.1 Å². The van der Waals surface area contributed by atoms with Crippen LogP contribution in [-0.2, 0) is 4.79 Å². The lowest BCUT2D eigenvalue weighted by molar-refractivity contribution is -0.118. The molecule has 100 valence electrons. The second kappa shape index (κ2) is 5.62. The lowest BCUT2D eigenvalue weighted by atomic mass is 10.0. The Kier molecular flexibility index (Phi) is 3.91. The number of nitrogens with zero attached hydrogens (tertiary/aromatic N) is 3. The van der Waals surface area contributed by atoms with Crippen LogP contribution < -0.4 is 11.1 Å². The van der Waals surface area contributed by atoms with E-state index in [2.05, 4.69) is 15.6 Å². The van der Waals surface area contributed by atoms with Gasteiger partial charge in [0.25, 0.3) is 0 Å². The van der Waals surface area contributed by atoms with Gasteiger partial charge in [0.2, 0.25) is 5.91 Å². The number of nitrogens with two attached hydrogens (primary N) is 1. The molecule has 19 heavy (non-hydrogen) atoms. The molecule has 0 saturated heterocycles. The van der Waals surface area contributed by atoms with Gasteiger partial charge >= 0.3 is 0 Å². The molecule has 6 heteroatoms. The third kappa shape index (κ3) is 3.17. The van der Waals surface area contributed by atoms with Crippen LogP contribution in [0, 0.1) is 5.92 Å². The summed E-state index contributed by atoms with van der Waals surface area (Å²) in [6.45, 7) is 3.83. The third-order valence-corrected chi connectivity index (χ3v) is 2.82. The molecule has 2 rings (SSSR count). The van der Waals surface area contributed by atoms with Crippen molar-refractivity contribution in [3.8, 4) is 5.69 Å². The van der Waals surface area contributed by atoms with Crippen LogP contribution in [-0.4, -0.2) is 26.9 Å². The number of rotatable bonds is 4. The molecule has 3 N–H and O–H groups in total. The SMILES string of the molecule is CC(C)[C@H](N)C(=O)Nc1cccc(-n2ccnn2)c1. The Balaban J connectivity index is 2.14. The normalized spacial score (nSPS) is 12.4. The van der Waals surface area contributed by atoms with Crippen molar-refractivity contribution in [1.82, 2.24) is 15.0 Å². The highest BCUT2D eigenvalue weighted by molar-refractivity contribution is 5.95. The molecule has 2 aromatic rings. The van der Waals surface area contributed by atoms with E-state index in [-0.39, 0.29) is 11.8 Å². The van der Waals surface area contributed by atoms with Gasteiger partial charge < -0.3 is 11.1 Å². The zero-order valence-electron chi connectivity index (χ0n) is 10.9. The number of carbonyl (C=O) groups is 1. The van der Waals surface area contributed by atoms with Crippen LogP contribution in [0.1, 0.15) is 13.8 Å². The maximum atomic E-state index is 11.9. The molecule has 0 spiro atoms. The molecular weight excluding hydrogens is 242 g/mol. The molecule has 6 nitrogen and oxygen atoms in total.